The van der Waals surface area contributed by atoms with Gasteiger partial charge < -0.3 is 16.0 Å². The normalized spacial score (nSPS) is 28.7. The number of nitrogen functional groups attached to an aromatic ring is 1. The van der Waals surface area contributed by atoms with Crippen LogP contribution >= 0.6 is 0 Å². The molecular weight excluding hydrogens is 262 g/mol. The molecule has 0 amide bonds. The maximum Gasteiger partial charge on any atom is 0.222 e. The summed E-state index contributed by atoms with van der Waals surface area (Å²) in [5.74, 6) is 3.04. The molecule has 0 radical (unpaired) electrons. The molecule has 1 saturated carbocycles. The molecule has 2 fully saturated rings. The Balaban J connectivity index is 1.68. The Labute approximate surface area is 126 Å². The third-order valence-corrected chi connectivity index (χ3v) is 5.65. The predicted molar refractivity (Wildman–Crippen MR) is 84.5 cm³/mol. The molecule has 0 aromatic carbocycles. The minimum absolute atomic E-state index is 0.461. The smallest absolute Gasteiger partial charge is 0.222 e. The molecule has 21 heavy (non-hydrogen) atoms. The quantitative estimate of drug-likeness (QED) is 0.866. The summed E-state index contributed by atoms with van der Waals surface area (Å²) in [6.07, 6.45) is 7.82. The largest absolute Gasteiger partial charge is 0.368 e. The van der Waals surface area contributed by atoms with Crippen molar-refractivity contribution in [2.75, 3.05) is 30.8 Å². The first-order valence-electron chi connectivity index (χ1n) is 8.34. The van der Waals surface area contributed by atoms with E-state index in [1.54, 1.807) is 0 Å². The zero-order valence-corrected chi connectivity index (χ0v) is 12.8. The molecule has 0 unspecified atom stereocenters. The molecule has 1 aromatic heterocycles. The third-order valence-electron chi connectivity index (χ3n) is 5.65. The molecule has 5 heteroatoms. The Morgan fingerprint density at radius 1 is 1.14 bits per heavy atom. The SMILES string of the molecule is CNC1CN(c2nc(N)nc3c2CC[C@H]2CCCC[C@H]32)C1. The van der Waals surface area contributed by atoms with Crippen LogP contribution in [-0.2, 0) is 6.42 Å². The molecule has 5 nitrogen and oxygen atoms in total. The fourth-order valence-electron chi connectivity index (χ4n) is 4.39. The van der Waals surface area contributed by atoms with E-state index >= 15 is 0 Å². The highest BCUT2D eigenvalue weighted by Crippen LogP contribution is 2.46. The Morgan fingerprint density at radius 2 is 1.95 bits per heavy atom. The Hall–Kier alpha value is -1.36. The Morgan fingerprint density at radius 3 is 2.76 bits per heavy atom. The molecule has 2 aliphatic carbocycles. The van der Waals surface area contributed by atoms with Crippen molar-refractivity contribution >= 4 is 11.8 Å². The van der Waals surface area contributed by atoms with Gasteiger partial charge in [-0.15, -0.1) is 0 Å². The molecule has 0 bridgehead atoms. The van der Waals surface area contributed by atoms with Crippen LogP contribution in [0.5, 0.6) is 0 Å². The van der Waals surface area contributed by atoms with E-state index < -0.39 is 0 Å². The molecule has 0 spiro atoms. The molecular formula is C16H25N5. The van der Waals surface area contributed by atoms with Gasteiger partial charge in [0.15, 0.2) is 0 Å². The first-order chi connectivity index (χ1) is 10.3. The molecule has 3 aliphatic rings. The van der Waals surface area contributed by atoms with E-state index in [2.05, 4.69) is 20.2 Å². The van der Waals surface area contributed by atoms with Gasteiger partial charge in [-0.1, -0.05) is 12.8 Å². The van der Waals surface area contributed by atoms with Crippen LogP contribution in [0.2, 0.25) is 0 Å². The van der Waals surface area contributed by atoms with Crippen LogP contribution < -0.4 is 16.0 Å². The molecule has 4 rings (SSSR count). The van der Waals surface area contributed by atoms with Crippen LogP contribution in [0.3, 0.4) is 0 Å². The second kappa shape index (κ2) is 5.13. The van der Waals surface area contributed by atoms with Crippen LogP contribution in [0.4, 0.5) is 11.8 Å². The summed E-state index contributed by atoms with van der Waals surface area (Å²) in [6.45, 7) is 2.07. The van der Waals surface area contributed by atoms with Crippen LogP contribution in [0, 0.1) is 5.92 Å². The first kappa shape index (κ1) is 13.3. The van der Waals surface area contributed by atoms with Gasteiger partial charge in [0.1, 0.15) is 5.82 Å². The summed E-state index contributed by atoms with van der Waals surface area (Å²) in [7, 11) is 2.03. The number of nitrogens with two attached hydrogens (primary N) is 1. The van der Waals surface area contributed by atoms with E-state index in [0.717, 1.165) is 31.2 Å². The van der Waals surface area contributed by atoms with Gasteiger partial charge in [-0.05, 0) is 38.6 Å². The number of anilines is 2. The number of nitrogens with one attached hydrogen (secondary N) is 1. The summed E-state index contributed by atoms with van der Waals surface area (Å²) < 4.78 is 0. The Bertz CT molecular complexity index is 538. The number of likely N-dealkylation sites (N-methyl/N-ethyl adjacent to an activating group) is 1. The average Bonchev–Trinajstić information content (AvgIpc) is 2.46. The summed E-state index contributed by atoms with van der Waals surface area (Å²) in [4.78, 5) is 11.6. The van der Waals surface area contributed by atoms with Crippen LogP contribution in [-0.4, -0.2) is 36.1 Å². The highest BCUT2D eigenvalue weighted by atomic mass is 15.3. The van der Waals surface area contributed by atoms with Gasteiger partial charge in [-0.25, -0.2) is 4.98 Å². The lowest BCUT2D eigenvalue weighted by Crippen LogP contribution is -2.57. The van der Waals surface area contributed by atoms with Gasteiger partial charge in [-0.3, -0.25) is 0 Å². The molecule has 1 aromatic rings. The van der Waals surface area contributed by atoms with Crippen LogP contribution in [0.1, 0.15) is 49.3 Å². The standard InChI is InChI=1S/C16H25N5/c1-18-11-8-21(9-11)15-13-7-6-10-4-2-3-5-12(10)14(13)19-16(17)20-15/h10-12,18H,2-9H2,1H3,(H2,17,19,20)/t10-,12+/m1/s1. The van der Waals surface area contributed by atoms with Gasteiger partial charge in [0.05, 0.1) is 5.69 Å². The first-order valence-corrected chi connectivity index (χ1v) is 8.34. The molecule has 3 N–H and O–H groups in total. The van der Waals surface area contributed by atoms with E-state index in [1.807, 2.05) is 7.05 Å². The topological polar surface area (TPSA) is 67.1 Å². The van der Waals surface area contributed by atoms with Gasteiger partial charge in [-0.2, -0.15) is 4.98 Å². The zero-order valence-electron chi connectivity index (χ0n) is 12.8. The van der Waals surface area contributed by atoms with Crippen molar-refractivity contribution in [3.63, 3.8) is 0 Å². The van der Waals surface area contributed by atoms with E-state index in [9.17, 15) is 0 Å². The highest BCUT2D eigenvalue weighted by molar-refractivity contribution is 5.56. The van der Waals surface area contributed by atoms with E-state index in [4.69, 9.17) is 5.73 Å². The van der Waals surface area contributed by atoms with Gasteiger partial charge in [0.2, 0.25) is 5.95 Å². The monoisotopic (exact) mass is 287 g/mol. The second-order valence-electron chi connectivity index (χ2n) is 6.85. The molecule has 2 heterocycles. The number of nitrogens with zero attached hydrogens (tertiary/aromatic N) is 3. The number of hydrogen-bond acceptors (Lipinski definition) is 5. The lowest BCUT2D eigenvalue weighted by molar-refractivity contribution is 0.270. The van der Waals surface area contributed by atoms with Gasteiger partial charge >= 0.3 is 0 Å². The fourth-order valence-corrected chi connectivity index (χ4v) is 4.39. The number of aromatic nitrogens is 2. The maximum atomic E-state index is 6.02. The van der Waals surface area contributed by atoms with Gasteiger partial charge in [0.25, 0.3) is 0 Å². The van der Waals surface area contributed by atoms with Crippen molar-refractivity contribution in [1.29, 1.82) is 0 Å². The van der Waals surface area contributed by atoms with Crippen molar-refractivity contribution in [3.8, 4) is 0 Å². The molecule has 2 atom stereocenters. The lowest BCUT2D eigenvalue weighted by Gasteiger charge is -2.43. The van der Waals surface area contributed by atoms with Crippen molar-refractivity contribution < 1.29 is 0 Å². The minimum Gasteiger partial charge on any atom is -0.368 e. The minimum atomic E-state index is 0.461. The highest BCUT2D eigenvalue weighted by Gasteiger charge is 2.37. The average molecular weight is 287 g/mol. The predicted octanol–water partition coefficient (Wildman–Crippen LogP) is 1.69. The third kappa shape index (κ3) is 2.18. The number of hydrogen-bond donors (Lipinski definition) is 2. The lowest BCUT2D eigenvalue weighted by atomic mass is 9.70. The Kier molecular flexibility index (Phi) is 3.25. The molecule has 114 valence electrons. The zero-order chi connectivity index (χ0) is 14.4. The summed E-state index contributed by atoms with van der Waals surface area (Å²) >= 11 is 0. The molecule has 1 aliphatic heterocycles. The maximum absolute atomic E-state index is 6.02. The summed E-state index contributed by atoms with van der Waals surface area (Å²) in [5.41, 5.74) is 8.69. The van der Waals surface area contributed by atoms with E-state index in [-0.39, 0.29) is 0 Å². The van der Waals surface area contributed by atoms with Gasteiger partial charge in [0, 0.05) is 30.6 Å². The molecule has 1 saturated heterocycles. The van der Waals surface area contributed by atoms with Crippen LogP contribution in [0.15, 0.2) is 0 Å². The van der Waals surface area contributed by atoms with E-state index in [1.165, 1.54) is 43.4 Å². The van der Waals surface area contributed by atoms with Crippen molar-refractivity contribution in [2.24, 2.45) is 5.92 Å². The van der Waals surface area contributed by atoms with Crippen molar-refractivity contribution in [3.05, 3.63) is 11.3 Å². The fraction of sp³-hybridized carbons (Fsp3) is 0.750. The van der Waals surface area contributed by atoms with Crippen molar-refractivity contribution in [2.45, 2.75) is 50.5 Å². The second-order valence-corrected chi connectivity index (χ2v) is 6.85. The van der Waals surface area contributed by atoms with Crippen LogP contribution in [0.25, 0.3) is 0 Å². The number of fused-ring (bicyclic) bond motifs is 3. The summed E-state index contributed by atoms with van der Waals surface area (Å²) in [5, 5.41) is 3.32. The number of rotatable bonds is 2. The van der Waals surface area contributed by atoms with Crippen molar-refractivity contribution in [1.82, 2.24) is 15.3 Å². The van der Waals surface area contributed by atoms with E-state index in [0.29, 0.717) is 17.9 Å². The summed E-state index contributed by atoms with van der Waals surface area (Å²) in [6, 6.07) is 0.586.